The second-order valence-corrected chi connectivity index (χ2v) is 17.8. The quantitative estimate of drug-likeness (QED) is 0.306. The number of esters is 2. The predicted molar refractivity (Wildman–Crippen MR) is 202 cm³/mol. The second kappa shape index (κ2) is 18.2. The summed E-state index contributed by atoms with van der Waals surface area (Å²) in [5, 5.41) is 34.6. The molecule has 0 aromatic rings. The van der Waals surface area contributed by atoms with E-state index >= 15 is 0 Å². The first kappa shape index (κ1) is 46.2. The van der Waals surface area contributed by atoms with Crippen LogP contribution in [0.15, 0.2) is 0 Å². The molecule has 0 amide bonds. The highest BCUT2D eigenvalue weighted by Gasteiger charge is 2.55. The highest BCUT2D eigenvalue weighted by Crippen LogP contribution is 2.43. The van der Waals surface area contributed by atoms with Crippen LogP contribution in [0.1, 0.15) is 102 Å². The van der Waals surface area contributed by atoms with Crippen LogP contribution < -0.4 is 0 Å². The van der Waals surface area contributed by atoms with Crippen molar-refractivity contribution in [3.63, 3.8) is 0 Å². The van der Waals surface area contributed by atoms with Crippen LogP contribution in [0.5, 0.6) is 0 Å². The van der Waals surface area contributed by atoms with Crippen LogP contribution in [0.4, 0.5) is 0 Å². The minimum atomic E-state index is -1.80. The van der Waals surface area contributed by atoms with Crippen LogP contribution in [0.3, 0.4) is 0 Å². The molecule has 4 aliphatic heterocycles. The van der Waals surface area contributed by atoms with Crippen molar-refractivity contribution in [2.24, 2.45) is 17.8 Å². The third-order valence-corrected chi connectivity index (χ3v) is 12.9. The van der Waals surface area contributed by atoms with Gasteiger partial charge in [-0.05, 0) is 87.7 Å². The molecule has 2 bridgehead atoms. The molecule has 0 radical (unpaired) electrons. The van der Waals surface area contributed by atoms with Crippen LogP contribution in [0.25, 0.3) is 0 Å². The summed E-state index contributed by atoms with van der Waals surface area (Å²) >= 11 is 0. The number of aliphatic hydroxyl groups excluding tert-OH is 2. The molecule has 0 aromatic heterocycles. The number of nitrogens with zero attached hydrogens (tertiary/aromatic N) is 2. The minimum absolute atomic E-state index is 0.0172. The summed E-state index contributed by atoms with van der Waals surface area (Å²) in [6.45, 7) is 20.3. The van der Waals surface area contributed by atoms with Gasteiger partial charge in [0.05, 0.1) is 47.6 Å². The standard InChI is InChI=1S/C40H72N2O13/c1-15-29-40(11,47)33(44)25(6)42-19-21(2)17-39(10,49-20-42)35(55-37-32(52-27(8)43)28(41(12)13)16-22(3)50-37)23(4)31(24(5)36(46)53-29)54-30-18-38(9,48-14)34(45)26(7)51-30/h21-26,28-35,37,44-45,47H,15-20H2,1-14H3/t21-,22-,23+,24-,25-,26+,28+,29-,30+,31+,32-,33-,34+,35-,37+,38-,39-,40-/m1/s1. The molecule has 4 rings (SSSR count). The van der Waals surface area contributed by atoms with E-state index in [2.05, 4.69) is 6.92 Å². The van der Waals surface area contributed by atoms with Crippen molar-refractivity contribution in [2.75, 3.05) is 34.5 Å². The lowest BCUT2D eigenvalue weighted by molar-refractivity contribution is -0.322. The SMILES string of the molecule is CC[C@H]1OC(=O)[C@H](C)[C@@H](O[C@H]2C[C@@](C)(OC)[C@@H](O)[C@H](C)O2)[C@H](C)[C@@H](O[C@@H]2O[C@H](C)C[C@H](N(C)C)[C@H]2OC(C)=O)[C@@]2(C)C[C@@H](C)CN(CO2)[C@H](C)[C@@H](O)[C@]1(C)O. The number of carbonyl (C=O) groups excluding carboxylic acids is 2. The first-order valence-corrected chi connectivity index (χ1v) is 20.2. The molecule has 4 heterocycles. The predicted octanol–water partition coefficient (Wildman–Crippen LogP) is 2.84. The summed E-state index contributed by atoms with van der Waals surface area (Å²) < 4.78 is 51.4. The van der Waals surface area contributed by atoms with Crippen molar-refractivity contribution in [1.29, 1.82) is 0 Å². The Morgan fingerprint density at radius 2 is 1.64 bits per heavy atom. The van der Waals surface area contributed by atoms with Gasteiger partial charge in [-0.2, -0.15) is 0 Å². The fourth-order valence-electron chi connectivity index (χ4n) is 9.42. The van der Waals surface area contributed by atoms with E-state index in [0.29, 0.717) is 19.4 Å². The Morgan fingerprint density at radius 1 is 0.982 bits per heavy atom. The lowest BCUT2D eigenvalue weighted by atomic mass is 9.77. The maximum absolute atomic E-state index is 14.3. The molecule has 1 unspecified atom stereocenters. The molecule has 0 spiro atoms. The molecule has 4 fully saturated rings. The number of fused-ring (bicyclic) bond motifs is 3. The Balaban J connectivity index is 1.89. The molecule has 4 aliphatic rings. The van der Waals surface area contributed by atoms with Gasteiger partial charge in [-0.15, -0.1) is 0 Å². The normalized spacial score (nSPS) is 49.2. The Kier molecular flexibility index (Phi) is 15.3. The second-order valence-electron chi connectivity index (χ2n) is 17.8. The average molecular weight is 789 g/mol. The van der Waals surface area contributed by atoms with Crippen molar-refractivity contribution in [1.82, 2.24) is 9.80 Å². The summed E-state index contributed by atoms with van der Waals surface area (Å²) in [6, 6.07) is -0.797. The minimum Gasteiger partial charge on any atom is -0.459 e. The van der Waals surface area contributed by atoms with Gasteiger partial charge in [0.1, 0.15) is 30.6 Å². The topological polar surface area (TPSA) is 175 Å². The van der Waals surface area contributed by atoms with Crippen molar-refractivity contribution in [3.8, 4) is 0 Å². The zero-order valence-corrected chi connectivity index (χ0v) is 35.7. The Bertz CT molecular complexity index is 1290. The van der Waals surface area contributed by atoms with E-state index in [1.165, 1.54) is 21.0 Å². The van der Waals surface area contributed by atoms with Gasteiger partial charge in [-0.1, -0.05) is 20.8 Å². The molecule has 0 aromatic carbocycles. The van der Waals surface area contributed by atoms with Crippen molar-refractivity contribution in [3.05, 3.63) is 0 Å². The van der Waals surface area contributed by atoms with Crippen LogP contribution in [-0.4, -0.2) is 162 Å². The maximum Gasteiger partial charge on any atom is 0.311 e. The van der Waals surface area contributed by atoms with Gasteiger partial charge in [0.15, 0.2) is 18.7 Å². The average Bonchev–Trinajstić information content (AvgIpc) is 3.26. The van der Waals surface area contributed by atoms with E-state index in [1.54, 1.807) is 27.7 Å². The van der Waals surface area contributed by atoms with Crippen LogP contribution in [0, 0.1) is 17.8 Å². The van der Waals surface area contributed by atoms with E-state index in [4.69, 9.17) is 37.9 Å². The molecular formula is C40H72N2O13. The Hall–Kier alpha value is -1.50. The van der Waals surface area contributed by atoms with Gasteiger partial charge in [-0.25, -0.2) is 0 Å². The molecule has 3 N–H and O–H groups in total. The fourth-order valence-corrected chi connectivity index (χ4v) is 9.42. The number of likely N-dealkylation sites (N-methyl/N-ethyl adjacent to an activating group) is 1. The number of methoxy groups -OCH3 is 1. The van der Waals surface area contributed by atoms with E-state index in [9.17, 15) is 24.9 Å². The molecule has 15 heteroatoms. The number of carbonyl (C=O) groups is 2. The summed E-state index contributed by atoms with van der Waals surface area (Å²) in [5.41, 5.74) is -3.86. The molecule has 320 valence electrons. The highest BCUT2D eigenvalue weighted by atomic mass is 16.7. The number of aliphatic hydroxyl groups is 3. The van der Waals surface area contributed by atoms with Gasteiger partial charge in [-0.3, -0.25) is 14.5 Å². The molecular weight excluding hydrogens is 716 g/mol. The third kappa shape index (κ3) is 10.0. The zero-order valence-electron chi connectivity index (χ0n) is 35.7. The summed E-state index contributed by atoms with van der Waals surface area (Å²) in [4.78, 5) is 30.9. The van der Waals surface area contributed by atoms with Gasteiger partial charge in [0, 0.05) is 39.0 Å². The number of cyclic esters (lactones) is 1. The summed E-state index contributed by atoms with van der Waals surface area (Å²) in [5.74, 6) is -2.69. The molecule has 19 atom stereocenters. The lowest BCUT2D eigenvalue weighted by Crippen LogP contribution is -2.62. The maximum atomic E-state index is 14.3. The van der Waals surface area contributed by atoms with Crippen molar-refractivity contribution < 1.29 is 62.8 Å². The fraction of sp³-hybridized carbons (Fsp3) is 0.950. The first-order chi connectivity index (χ1) is 25.5. The summed E-state index contributed by atoms with van der Waals surface area (Å²) in [7, 11) is 5.38. The Labute approximate surface area is 328 Å². The van der Waals surface area contributed by atoms with E-state index in [0.717, 1.165) is 0 Å². The Morgan fingerprint density at radius 3 is 2.22 bits per heavy atom. The van der Waals surface area contributed by atoms with E-state index in [1.807, 2.05) is 51.6 Å². The monoisotopic (exact) mass is 789 g/mol. The molecule has 4 saturated heterocycles. The lowest BCUT2D eigenvalue weighted by Gasteiger charge is -2.50. The van der Waals surface area contributed by atoms with Crippen LogP contribution >= 0.6 is 0 Å². The van der Waals surface area contributed by atoms with Gasteiger partial charge < -0.3 is 58.1 Å². The van der Waals surface area contributed by atoms with E-state index < -0.39 is 102 Å². The van der Waals surface area contributed by atoms with E-state index in [-0.39, 0.29) is 37.6 Å². The smallest absolute Gasteiger partial charge is 0.311 e. The molecule has 0 saturated carbocycles. The zero-order chi connectivity index (χ0) is 41.4. The van der Waals surface area contributed by atoms with Gasteiger partial charge >= 0.3 is 11.9 Å². The number of hydrogen-bond donors (Lipinski definition) is 3. The van der Waals surface area contributed by atoms with Gasteiger partial charge in [0.2, 0.25) is 0 Å². The van der Waals surface area contributed by atoms with Crippen molar-refractivity contribution >= 4 is 11.9 Å². The molecule has 0 aliphatic carbocycles. The number of ether oxygens (including phenoxy) is 8. The number of rotatable bonds is 8. The first-order valence-electron chi connectivity index (χ1n) is 20.2. The van der Waals surface area contributed by atoms with Crippen LogP contribution in [-0.2, 0) is 47.5 Å². The molecule has 55 heavy (non-hydrogen) atoms. The van der Waals surface area contributed by atoms with Gasteiger partial charge in [0.25, 0.3) is 0 Å². The largest absolute Gasteiger partial charge is 0.459 e. The van der Waals surface area contributed by atoms with Crippen molar-refractivity contribution in [2.45, 2.75) is 192 Å². The summed E-state index contributed by atoms with van der Waals surface area (Å²) in [6.07, 6.45) is -7.19. The molecule has 15 nitrogen and oxygen atoms in total. The van der Waals surface area contributed by atoms with Crippen LogP contribution in [0.2, 0.25) is 0 Å². The highest BCUT2D eigenvalue weighted by molar-refractivity contribution is 5.73. The third-order valence-electron chi connectivity index (χ3n) is 12.9. The number of hydrogen-bond acceptors (Lipinski definition) is 15.